The van der Waals surface area contributed by atoms with E-state index in [1.807, 2.05) is 12.1 Å². The lowest BCUT2D eigenvalue weighted by atomic mass is 9.96. The average Bonchev–Trinajstić information content (AvgIpc) is 3.78. The number of unbranched alkanes of at least 4 members (excludes halogenated alkanes) is 3. The molecule has 4 N–H and O–H groups in total. The molecule has 4 aromatic carbocycles. The number of aromatic hydroxyl groups is 2. The van der Waals surface area contributed by atoms with Crippen LogP contribution in [0, 0.1) is 22.7 Å². The summed E-state index contributed by atoms with van der Waals surface area (Å²) in [6, 6.07) is 22.0. The van der Waals surface area contributed by atoms with Crippen molar-refractivity contribution < 1.29 is 46.1 Å². The van der Waals surface area contributed by atoms with Crippen LogP contribution in [0.15, 0.2) is 109 Å². The molecule has 18 heteroatoms. The summed E-state index contributed by atoms with van der Waals surface area (Å²) >= 11 is 0. The minimum atomic E-state index is -4.68. The van der Waals surface area contributed by atoms with E-state index >= 15 is 0 Å². The van der Waals surface area contributed by atoms with Crippen LogP contribution >= 0.6 is 0 Å². The van der Waals surface area contributed by atoms with Crippen molar-refractivity contribution in [2.24, 2.45) is 0 Å². The maximum absolute atomic E-state index is 13.7. The molecule has 0 aliphatic carbocycles. The lowest BCUT2D eigenvalue weighted by Crippen LogP contribution is -2.44. The molecule has 64 heavy (non-hydrogen) atoms. The molecule has 0 bridgehead atoms. The summed E-state index contributed by atoms with van der Waals surface area (Å²) in [4.78, 5) is 29.5. The van der Waals surface area contributed by atoms with Gasteiger partial charge in [0, 0.05) is 25.5 Å². The van der Waals surface area contributed by atoms with Gasteiger partial charge in [-0.1, -0.05) is 49.2 Å². The molecule has 12 nitrogen and oxygen atoms in total. The predicted octanol–water partition coefficient (Wildman–Crippen LogP) is 10.6. The maximum atomic E-state index is 13.7. The van der Waals surface area contributed by atoms with Gasteiger partial charge in [0.15, 0.2) is 11.8 Å². The number of hydrogen-bond acceptors (Lipinski definition) is 6. The molecule has 0 fully saturated rings. The molecule has 4 amide bonds. The van der Waals surface area contributed by atoms with Gasteiger partial charge in [0.2, 0.25) is 0 Å². The van der Waals surface area contributed by atoms with Crippen molar-refractivity contribution in [2.45, 2.75) is 63.2 Å². The fraction of sp³-hybridized carbons (Fsp3) is 0.217. The van der Waals surface area contributed by atoms with Gasteiger partial charge in [-0.15, -0.1) is 0 Å². The van der Waals surface area contributed by atoms with Crippen molar-refractivity contribution in [1.29, 1.82) is 10.5 Å². The number of halogens is 6. The minimum Gasteiger partial charge on any atom is -0.494 e. The molecule has 2 aliphatic heterocycles. The van der Waals surface area contributed by atoms with Crippen LogP contribution in [0.1, 0.15) is 82.3 Å². The Morgan fingerprint density at radius 1 is 0.562 bits per heavy atom. The summed E-state index contributed by atoms with van der Waals surface area (Å²) in [6.45, 7) is 0.497. The topological polar surface area (TPSA) is 163 Å². The van der Waals surface area contributed by atoms with Crippen LogP contribution in [0.3, 0.4) is 0 Å². The zero-order valence-electron chi connectivity index (χ0n) is 33.5. The van der Waals surface area contributed by atoms with Crippen molar-refractivity contribution in [3.05, 3.63) is 154 Å². The minimum absolute atomic E-state index is 0.0692. The molecule has 0 spiro atoms. The Hall–Kier alpha value is -7.86. The first-order chi connectivity index (χ1) is 30.6. The summed E-state index contributed by atoms with van der Waals surface area (Å²) in [6.07, 6.45) is -4.13. The third-order valence-electron chi connectivity index (χ3n) is 11.3. The summed E-state index contributed by atoms with van der Waals surface area (Å²) in [7, 11) is 0. The highest BCUT2D eigenvalue weighted by molar-refractivity contribution is 6.04. The molecule has 2 aliphatic rings. The first-order valence-corrected chi connectivity index (χ1v) is 20.0. The van der Waals surface area contributed by atoms with Crippen LogP contribution in [0.4, 0.5) is 58.7 Å². The van der Waals surface area contributed by atoms with Crippen molar-refractivity contribution in [2.75, 3.05) is 9.80 Å². The van der Waals surface area contributed by atoms with E-state index in [4.69, 9.17) is 0 Å². The predicted molar refractivity (Wildman–Crippen MR) is 221 cm³/mol. The van der Waals surface area contributed by atoms with Gasteiger partial charge >= 0.3 is 24.4 Å². The van der Waals surface area contributed by atoms with Gasteiger partial charge in [-0.25, -0.2) is 9.59 Å². The number of nitrogens with one attached hydrogen (secondary N) is 2. The van der Waals surface area contributed by atoms with Gasteiger partial charge in [-0.05, 0) is 84.6 Å². The number of carbonyl (C=O) groups excluding carboxylic acids is 2. The number of carbonyl (C=O) groups is 2. The Kier molecular flexibility index (Phi) is 11.2. The van der Waals surface area contributed by atoms with Crippen LogP contribution in [0.5, 0.6) is 11.8 Å². The average molecular weight is 879 g/mol. The van der Waals surface area contributed by atoms with E-state index in [2.05, 4.69) is 10.6 Å². The highest BCUT2D eigenvalue weighted by atomic mass is 19.4. The number of anilines is 4. The third-order valence-corrected chi connectivity index (χ3v) is 11.3. The van der Waals surface area contributed by atoms with Crippen LogP contribution in [-0.2, 0) is 25.4 Å². The standard InChI is InChI=1S/C46H36F6N8O4/c47-45(48,49)31-7-5-9-33(21-31)59-35-25-57(41(61)37(35)39(55-43(59)63)29-15-11-27(23-53)12-16-29)19-3-1-2-4-20-58-26-36-38(42(58)62)40(30-17-13-28(24-54)14-18-30)56-44(64)60(36)34-10-6-8-32(22-34)46(50,51)52/h5-18,21-22,25-26,39-40,61-62H,1-4,19-20H2,(H,55,63)(H,56,64)/t39-,40-/m1/s1. The van der Waals surface area contributed by atoms with E-state index in [1.165, 1.54) is 45.8 Å². The Morgan fingerprint density at radius 3 is 1.28 bits per heavy atom. The second-order valence-electron chi connectivity index (χ2n) is 15.3. The fourth-order valence-corrected chi connectivity index (χ4v) is 8.16. The van der Waals surface area contributed by atoms with E-state index < -0.39 is 47.6 Å². The van der Waals surface area contributed by atoms with Crippen LogP contribution < -0.4 is 20.4 Å². The number of aromatic nitrogens is 2. The van der Waals surface area contributed by atoms with Crippen LogP contribution in [0.25, 0.3) is 0 Å². The molecule has 4 heterocycles. The first kappa shape index (κ1) is 42.8. The van der Waals surface area contributed by atoms with E-state index in [0.717, 1.165) is 34.1 Å². The molecule has 0 unspecified atom stereocenters. The second-order valence-corrected chi connectivity index (χ2v) is 15.3. The number of nitriles is 2. The summed E-state index contributed by atoms with van der Waals surface area (Å²) in [5, 5.41) is 47.5. The number of hydrogen-bond donors (Lipinski definition) is 4. The van der Waals surface area contributed by atoms with Crippen molar-refractivity contribution in [3.63, 3.8) is 0 Å². The monoisotopic (exact) mass is 878 g/mol. The zero-order valence-corrected chi connectivity index (χ0v) is 33.5. The number of benzene rings is 4. The van der Waals surface area contributed by atoms with Crippen LogP contribution in [-0.4, -0.2) is 31.4 Å². The van der Waals surface area contributed by atoms with E-state index in [1.54, 1.807) is 48.5 Å². The molecule has 0 saturated heterocycles. The summed E-state index contributed by atoms with van der Waals surface area (Å²) in [5.74, 6) is -0.427. The second kappa shape index (κ2) is 16.8. The maximum Gasteiger partial charge on any atom is 0.416 e. The number of amides is 4. The SMILES string of the molecule is N#Cc1ccc([C@H]2NC(=O)N(c3cccc(C(F)(F)F)c3)c3cn(CCCCCCn4cc5c(c4O)[C@@H](c4ccc(C#N)cc4)NC(=O)N5c4cccc(C(F)(F)F)c4)c(O)c32)cc1. The van der Waals surface area contributed by atoms with Gasteiger partial charge in [0.1, 0.15) is 0 Å². The van der Waals surface area contributed by atoms with Crippen molar-refractivity contribution >= 4 is 34.8 Å². The molecular weight excluding hydrogens is 843 g/mol. The molecule has 6 aromatic rings. The van der Waals surface area contributed by atoms with Gasteiger partial charge in [-0.3, -0.25) is 9.80 Å². The summed E-state index contributed by atoms with van der Waals surface area (Å²) in [5.41, 5.74) is 0.569. The first-order valence-electron chi connectivity index (χ1n) is 20.0. The van der Waals surface area contributed by atoms with Gasteiger partial charge in [0.05, 0.1) is 80.4 Å². The van der Waals surface area contributed by atoms with E-state index in [9.17, 15) is 56.7 Å². The Bertz CT molecular complexity index is 2640. The molecule has 0 radical (unpaired) electrons. The normalized spacial score (nSPS) is 16.1. The number of nitrogens with zero attached hydrogens (tertiary/aromatic N) is 6. The van der Waals surface area contributed by atoms with Gasteiger partial charge < -0.3 is 30.0 Å². The molecular formula is C46H36F6N8O4. The highest BCUT2D eigenvalue weighted by Gasteiger charge is 2.41. The highest BCUT2D eigenvalue weighted by Crippen LogP contribution is 2.48. The number of alkyl halides is 6. The number of rotatable bonds is 11. The molecule has 0 saturated carbocycles. The zero-order chi connectivity index (χ0) is 45.5. The lowest BCUT2D eigenvalue weighted by Gasteiger charge is -2.33. The third kappa shape index (κ3) is 8.13. The fourth-order valence-electron chi connectivity index (χ4n) is 8.16. The smallest absolute Gasteiger partial charge is 0.416 e. The quantitative estimate of drug-likeness (QED) is 0.0748. The molecule has 2 aromatic heterocycles. The molecule has 2 atom stereocenters. The number of urea groups is 2. The molecule has 326 valence electrons. The number of fused-ring (bicyclic) bond motifs is 2. The molecule has 8 rings (SSSR count). The van der Waals surface area contributed by atoms with E-state index in [0.29, 0.717) is 47.9 Å². The largest absolute Gasteiger partial charge is 0.494 e. The summed E-state index contributed by atoms with van der Waals surface area (Å²) < 4.78 is 85.4. The number of aryl methyl sites for hydroxylation is 2. The van der Waals surface area contributed by atoms with Crippen LogP contribution in [0.2, 0.25) is 0 Å². The van der Waals surface area contributed by atoms with Gasteiger partial charge in [-0.2, -0.15) is 36.9 Å². The van der Waals surface area contributed by atoms with Crippen molar-refractivity contribution in [3.8, 4) is 23.9 Å². The Labute approximate surface area is 361 Å². The van der Waals surface area contributed by atoms with Gasteiger partial charge in [0.25, 0.3) is 0 Å². The Morgan fingerprint density at radius 2 is 0.938 bits per heavy atom. The van der Waals surface area contributed by atoms with E-state index in [-0.39, 0.29) is 58.7 Å². The Balaban J connectivity index is 1.02. The lowest BCUT2D eigenvalue weighted by molar-refractivity contribution is -0.138. The van der Waals surface area contributed by atoms with Crippen molar-refractivity contribution in [1.82, 2.24) is 19.8 Å².